The first-order valence-electron chi connectivity index (χ1n) is 6.77. The normalized spacial score (nSPS) is 12.4. The van der Waals surface area contributed by atoms with Gasteiger partial charge in [0.1, 0.15) is 0 Å². The molecule has 4 heteroatoms. The van der Waals surface area contributed by atoms with Crippen LogP contribution in [0.5, 0.6) is 0 Å². The second-order valence-corrected chi connectivity index (χ2v) is 5.18. The number of aliphatic hydroxyl groups excluding tert-OH is 1. The Labute approximate surface area is 115 Å². The van der Waals surface area contributed by atoms with Gasteiger partial charge in [0.2, 0.25) is 5.91 Å². The molecule has 19 heavy (non-hydrogen) atoms. The topological polar surface area (TPSA) is 61.4 Å². The van der Waals surface area contributed by atoms with E-state index in [0.717, 1.165) is 12.0 Å². The van der Waals surface area contributed by atoms with Crippen LogP contribution in [0.1, 0.15) is 25.8 Å². The van der Waals surface area contributed by atoms with E-state index >= 15 is 0 Å². The lowest BCUT2D eigenvalue weighted by molar-refractivity contribution is -0.120. The summed E-state index contributed by atoms with van der Waals surface area (Å²) in [4.78, 5) is 11.6. The van der Waals surface area contributed by atoms with E-state index < -0.39 is 0 Å². The largest absolute Gasteiger partial charge is 0.392 e. The van der Waals surface area contributed by atoms with Gasteiger partial charge in [-0.25, -0.2) is 0 Å². The number of amides is 1. The summed E-state index contributed by atoms with van der Waals surface area (Å²) in [5.74, 6) is 0.407. The van der Waals surface area contributed by atoms with Crippen molar-refractivity contribution in [2.75, 3.05) is 13.1 Å². The van der Waals surface area contributed by atoms with Gasteiger partial charge in [0.05, 0.1) is 12.6 Å². The molecule has 3 N–H and O–H groups in total. The molecule has 1 atom stereocenters. The van der Waals surface area contributed by atoms with E-state index in [1.165, 1.54) is 0 Å². The number of hydrogen-bond acceptors (Lipinski definition) is 3. The molecule has 0 bridgehead atoms. The molecule has 0 radical (unpaired) electrons. The maximum atomic E-state index is 11.6. The molecule has 0 heterocycles. The van der Waals surface area contributed by atoms with E-state index in [0.29, 0.717) is 19.0 Å². The molecule has 1 rings (SSSR count). The van der Waals surface area contributed by atoms with Crippen LogP contribution >= 0.6 is 0 Å². The highest BCUT2D eigenvalue weighted by molar-refractivity contribution is 5.77. The molecule has 1 aromatic rings. The Kier molecular flexibility index (Phi) is 7.15. The molecule has 0 aromatic heterocycles. The SMILES string of the molecule is CC(C)CC(O)CNCC(=O)NCc1ccccc1. The number of hydrogen-bond donors (Lipinski definition) is 3. The molecule has 1 aromatic carbocycles. The van der Waals surface area contributed by atoms with Crippen LogP contribution in [-0.2, 0) is 11.3 Å². The predicted molar refractivity (Wildman–Crippen MR) is 76.6 cm³/mol. The van der Waals surface area contributed by atoms with E-state index in [2.05, 4.69) is 24.5 Å². The molecule has 0 spiro atoms. The Hall–Kier alpha value is -1.39. The number of carbonyl (C=O) groups is 1. The molecule has 0 fully saturated rings. The molecule has 106 valence electrons. The Morgan fingerprint density at radius 3 is 2.58 bits per heavy atom. The Morgan fingerprint density at radius 1 is 1.26 bits per heavy atom. The van der Waals surface area contributed by atoms with Gasteiger partial charge >= 0.3 is 0 Å². The molecular formula is C15H24N2O2. The van der Waals surface area contributed by atoms with Gasteiger partial charge in [-0.3, -0.25) is 4.79 Å². The summed E-state index contributed by atoms with van der Waals surface area (Å²) in [6.45, 7) is 5.36. The van der Waals surface area contributed by atoms with E-state index in [-0.39, 0.29) is 18.6 Å². The fraction of sp³-hybridized carbons (Fsp3) is 0.533. The average Bonchev–Trinajstić information content (AvgIpc) is 2.36. The van der Waals surface area contributed by atoms with Crippen LogP contribution in [0.15, 0.2) is 30.3 Å². The van der Waals surface area contributed by atoms with Gasteiger partial charge < -0.3 is 15.7 Å². The third-order valence-electron chi connectivity index (χ3n) is 2.74. The van der Waals surface area contributed by atoms with Crippen LogP contribution < -0.4 is 10.6 Å². The van der Waals surface area contributed by atoms with E-state index in [4.69, 9.17) is 0 Å². The summed E-state index contributed by atoms with van der Waals surface area (Å²) in [6.07, 6.45) is 0.362. The third kappa shape index (κ3) is 7.59. The minimum Gasteiger partial charge on any atom is -0.392 e. The molecule has 0 saturated heterocycles. The van der Waals surface area contributed by atoms with Crippen LogP contribution in [0.3, 0.4) is 0 Å². The van der Waals surface area contributed by atoms with Gasteiger partial charge in [0.15, 0.2) is 0 Å². The van der Waals surface area contributed by atoms with Gasteiger partial charge in [0.25, 0.3) is 0 Å². The highest BCUT2D eigenvalue weighted by Crippen LogP contribution is 2.02. The van der Waals surface area contributed by atoms with Gasteiger partial charge in [-0.15, -0.1) is 0 Å². The number of rotatable bonds is 8. The van der Waals surface area contributed by atoms with Crippen molar-refractivity contribution in [3.8, 4) is 0 Å². The molecular weight excluding hydrogens is 240 g/mol. The van der Waals surface area contributed by atoms with Crippen LogP contribution in [0.4, 0.5) is 0 Å². The summed E-state index contributed by atoms with van der Waals surface area (Å²) in [5, 5.41) is 15.4. The lowest BCUT2D eigenvalue weighted by Gasteiger charge is -2.13. The second-order valence-electron chi connectivity index (χ2n) is 5.18. The standard InChI is InChI=1S/C15H24N2O2/c1-12(2)8-14(18)10-16-11-15(19)17-9-13-6-4-3-5-7-13/h3-7,12,14,16,18H,8-11H2,1-2H3,(H,17,19). The molecule has 0 aliphatic heterocycles. The number of nitrogens with one attached hydrogen (secondary N) is 2. The maximum absolute atomic E-state index is 11.6. The van der Waals surface area contributed by atoms with Crippen LogP contribution in [-0.4, -0.2) is 30.2 Å². The van der Waals surface area contributed by atoms with Crippen molar-refractivity contribution >= 4 is 5.91 Å². The van der Waals surface area contributed by atoms with Crippen LogP contribution in [0.2, 0.25) is 0 Å². The average molecular weight is 264 g/mol. The Bertz CT molecular complexity index is 366. The minimum absolute atomic E-state index is 0.0550. The fourth-order valence-corrected chi connectivity index (χ4v) is 1.84. The summed E-state index contributed by atoms with van der Waals surface area (Å²) in [6, 6.07) is 9.78. The van der Waals surface area contributed by atoms with Crippen molar-refractivity contribution in [3.05, 3.63) is 35.9 Å². The quantitative estimate of drug-likeness (QED) is 0.663. The third-order valence-corrected chi connectivity index (χ3v) is 2.74. The minimum atomic E-state index is -0.387. The van der Waals surface area contributed by atoms with Gasteiger partial charge in [0, 0.05) is 13.1 Å². The van der Waals surface area contributed by atoms with Crippen molar-refractivity contribution < 1.29 is 9.90 Å². The summed E-state index contributed by atoms with van der Waals surface area (Å²) in [5.41, 5.74) is 1.08. The van der Waals surface area contributed by atoms with Crippen molar-refractivity contribution in [1.82, 2.24) is 10.6 Å². The maximum Gasteiger partial charge on any atom is 0.234 e. The number of aliphatic hydroxyl groups is 1. The van der Waals surface area contributed by atoms with Gasteiger partial charge in [-0.1, -0.05) is 44.2 Å². The first kappa shape index (κ1) is 15.7. The molecule has 1 unspecified atom stereocenters. The lowest BCUT2D eigenvalue weighted by atomic mass is 10.1. The Morgan fingerprint density at radius 2 is 1.95 bits per heavy atom. The first-order chi connectivity index (χ1) is 9.08. The van der Waals surface area contributed by atoms with E-state index in [1.54, 1.807) is 0 Å². The summed E-state index contributed by atoms with van der Waals surface area (Å²) in [7, 11) is 0. The van der Waals surface area contributed by atoms with Gasteiger partial charge in [-0.2, -0.15) is 0 Å². The Balaban J connectivity index is 2.11. The van der Waals surface area contributed by atoms with Gasteiger partial charge in [-0.05, 0) is 17.9 Å². The smallest absolute Gasteiger partial charge is 0.234 e. The number of carbonyl (C=O) groups excluding carboxylic acids is 1. The zero-order chi connectivity index (χ0) is 14.1. The highest BCUT2D eigenvalue weighted by Gasteiger charge is 2.07. The lowest BCUT2D eigenvalue weighted by Crippen LogP contribution is -2.37. The summed E-state index contributed by atoms with van der Waals surface area (Å²) < 4.78 is 0. The van der Waals surface area contributed by atoms with Crippen molar-refractivity contribution in [1.29, 1.82) is 0 Å². The van der Waals surface area contributed by atoms with E-state index in [9.17, 15) is 9.90 Å². The molecule has 0 aliphatic carbocycles. The first-order valence-corrected chi connectivity index (χ1v) is 6.77. The zero-order valence-electron chi connectivity index (χ0n) is 11.7. The second kappa shape index (κ2) is 8.67. The molecule has 0 aliphatic rings. The molecule has 1 amide bonds. The van der Waals surface area contributed by atoms with Crippen molar-refractivity contribution in [2.24, 2.45) is 5.92 Å². The molecule has 4 nitrogen and oxygen atoms in total. The van der Waals surface area contributed by atoms with Crippen LogP contribution in [0, 0.1) is 5.92 Å². The van der Waals surface area contributed by atoms with Crippen LogP contribution in [0.25, 0.3) is 0 Å². The highest BCUT2D eigenvalue weighted by atomic mass is 16.3. The number of benzene rings is 1. The fourth-order valence-electron chi connectivity index (χ4n) is 1.84. The van der Waals surface area contributed by atoms with Crippen molar-refractivity contribution in [2.45, 2.75) is 32.9 Å². The monoisotopic (exact) mass is 264 g/mol. The zero-order valence-corrected chi connectivity index (χ0v) is 11.7. The predicted octanol–water partition coefficient (Wildman–Crippen LogP) is 1.30. The van der Waals surface area contributed by atoms with Crippen molar-refractivity contribution in [3.63, 3.8) is 0 Å². The summed E-state index contributed by atoms with van der Waals surface area (Å²) >= 11 is 0. The van der Waals surface area contributed by atoms with E-state index in [1.807, 2.05) is 30.3 Å². The molecule has 0 saturated carbocycles.